The Morgan fingerprint density at radius 3 is 2.47 bits per heavy atom. The summed E-state index contributed by atoms with van der Waals surface area (Å²) in [6.07, 6.45) is -2.67. The molecule has 17 heavy (non-hydrogen) atoms. The molecule has 0 unspecified atom stereocenters. The second-order valence-corrected chi connectivity index (χ2v) is 5.45. The monoisotopic (exact) mass is 246 g/mol. The van der Waals surface area contributed by atoms with E-state index in [9.17, 15) is 25.2 Å². The summed E-state index contributed by atoms with van der Waals surface area (Å²) in [6, 6.07) is 0. The second-order valence-electron chi connectivity index (χ2n) is 5.45. The van der Waals surface area contributed by atoms with Gasteiger partial charge >= 0.3 is 5.97 Å². The highest BCUT2D eigenvalue weighted by Crippen LogP contribution is 2.75. The molecular weight excluding hydrogens is 232 g/mol. The van der Waals surface area contributed by atoms with Crippen LogP contribution in [-0.2, 0) is 14.3 Å². The molecule has 0 bridgehead atoms. The number of cyclic esters (lactones) is 1. The Bertz CT molecular complexity index is 421. The molecule has 5 atom stereocenters. The van der Waals surface area contributed by atoms with Gasteiger partial charge in [0, 0.05) is 0 Å². The maximum Gasteiger partial charge on any atom is 0.344 e. The third kappa shape index (κ3) is 0.765. The van der Waals surface area contributed by atoms with Crippen molar-refractivity contribution in [3.8, 4) is 0 Å². The number of hydrogen-bond donors (Lipinski definition) is 4. The Morgan fingerprint density at radius 1 is 1.29 bits per heavy atom. The molecular formula is C10H14O7. The molecule has 1 saturated carbocycles. The molecule has 2 aliphatic heterocycles. The first kappa shape index (κ1) is 11.4. The van der Waals surface area contributed by atoms with Gasteiger partial charge in [-0.3, -0.25) is 0 Å². The van der Waals surface area contributed by atoms with Gasteiger partial charge in [0.2, 0.25) is 11.4 Å². The molecule has 0 aromatic heterocycles. The number of aliphatic hydroxyl groups is 4. The summed E-state index contributed by atoms with van der Waals surface area (Å²) in [6.45, 7) is 2.57. The fraction of sp³-hybridized carbons (Fsp3) is 0.900. The van der Waals surface area contributed by atoms with Crippen LogP contribution in [0.2, 0.25) is 0 Å². The third-order valence-electron chi connectivity index (χ3n) is 4.49. The molecule has 0 amide bonds. The highest BCUT2D eigenvalue weighted by Gasteiger charge is 2.99. The summed E-state index contributed by atoms with van der Waals surface area (Å²) in [4.78, 5) is 11.7. The fourth-order valence-electron chi connectivity index (χ4n) is 3.21. The molecule has 0 aromatic rings. The van der Waals surface area contributed by atoms with Crippen LogP contribution < -0.4 is 0 Å². The second kappa shape index (κ2) is 2.50. The minimum atomic E-state index is -2.44. The molecule has 4 N–H and O–H groups in total. The van der Waals surface area contributed by atoms with Crippen molar-refractivity contribution in [2.45, 2.75) is 43.0 Å². The van der Waals surface area contributed by atoms with Crippen LogP contribution in [0.15, 0.2) is 0 Å². The van der Waals surface area contributed by atoms with Gasteiger partial charge in [-0.1, -0.05) is 13.8 Å². The summed E-state index contributed by atoms with van der Waals surface area (Å²) in [7, 11) is 0. The first-order chi connectivity index (χ1) is 7.64. The van der Waals surface area contributed by atoms with E-state index in [1.165, 1.54) is 13.8 Å². The van der Waals surface area contributed by atoms with Crippen LogP contribution >= 0.6 is 0 Å². The van der Waals surface area contributed by atoms with Crippen LogP contribution in [0.1, 0.15) is 13.8 Å². The van der Waals surface area contributed by atoms with E-state index in [0.717, 1.165) is 0 Å². The van der Waals surface area contributed by atoms with Crippen molar-refractivity contribution in [2.75, 3.05) is 6.61 Å². The van der Waals surface area contributed by atoms with Crippen LogP contribution in [0.3, 0.4) is 0 Å². The molecule has 3 aliphatic rings. The van der Waals surface area contributed by atoms with E-state index >= 15 is 0 Å². The molecule has 3 fully saturated rings. The summed E-state index contributed by atoms with van der Waals surface area (Å²) in [5, 5.41) is 40.5. The summed E-state index contributed by atoms with van der Waals surface area (Å²) in [5.41, 5.74) is -5.83. The topological polar surface area (TPSA) is 116 Å². The van der Waals surface area contributed by atoms with E-state index in [0.29, 0.717) is 0 Å². The summed E-state index contributed by atoms with van der Waals surface area (Å²) < 4.78 is 9.75. The Morgan fingerprint density at radius 2 is 1.88 bits per heavy atom. The van der Waals surface area contributed by atoms with Gasteiger partial charge in [-0.25, -0.2) is 4.79 Å². The van der Waals surface area contributed by atoms with Gasteiger partial charge in [0.1, 0.15) is 18.8 Å². The lowest BCUT2D eigenvalue weighted by atomic mass is 9.80. The minimum Gasteiger partial charge on any atom is -0.461 e. The zero-order valence-corrected chi connectivity index (χ0v) is 9.38. The van der Waals surface area contributed by atoms with Crippen molar-refractivity contribution >= 4 is 5.97 Å². The van der Waals surface area contributed by atoms with Crippen LogP contribution in [-0.4, -0.2) is 62.2 Å². The number of fused-ring (bicyclic) bond motifs is 3. The highest BCUT2D eigenvalue weighted by atomic mass is 16.7. The third-order valence-corrected chi connectivity index (χ3v) is 4.49. The molecule has 0 spiro atoms. The first-order valence-corrected chi connectivity index (χ1v) is 5.35. The van der Waals surface area contributed by atoms with E-state index in [2.05, 4.69) is 4.74 Å². The van der Waals surface area contributed by atoms with E-state index in [-0.39, 0.29) is 6.61 Å². The van der Waals surface area contributed by atoms with Gasteiger partial charge in [-0.05, 0) is 0 Å². The van der Waals surface area contributed by atoms with Crippen molar-refractivity contribution in [1.82, 2.24) is 0 Å². The maximum absolute atomic E-state index is 11.7. The predicted molar refractivity (Wildman–Crippen MR) is 50.5 cm³/mol. The zero-order chi connectivity index (χ0) is 12.9. The smallest absolute Gasteiger partial charge is 0.344 e. The Kier molecular flexibility index (Phi) is 1.67. The highest BCUT2D eigenvalue weighted by molar-refractivity contribution is 5.86. The van der Waals surface area contributed by atoms with Crippen LogP contribution in [0.5, 0.6) is 0 Å². The van der Waals surface area contributed by atoms with Crippen LogP contribution in [0.25, 0.3) is 0 Å². The number of ether oxygens (including phenoxy) is 2. The van der Waals surface area contributed by atoms with Gasteiger partial charge in [-0.2, -0.15) is 0 Å². The summed E-state index contributed by atoms with van der Waals surface area (Å²) >= 11 is 0. The van der Waals surface area contributed by atoms with Crippen molar-refractivity contribution in [1.29, 1.82) is 0 Å². The largest absolute Gasteiger partial charge is 0.461 e. The summed E-state index contributed by atoms with van der Waals surface area (Å²) in [5.74, 6) is -3.14. The quantitative estimate of drug-likeness (QED) is 0.349. The lowest BCUT2D eigenvalue weighted by molar-refractivity contribution is -0.245. The van der Waals surface area contributed by atoms with Crippen LogP contribution in [0, 0.1) is 5.41 Å². The molecule has 0 radical (unpaired) electrons. The van der Waals surface area contributed by atoms with Crippen LogP contribution in [0.4, 0.5) is 0 Å². The number of carbonyl (C=O) groups is 1. The fourth-order valence-corrected chi connectivity index (χ4v) is 3.21. The minimum absolute atomic E-state index is 0.335. The SMILES string of the molecule is CC1(C)[C@]2(O)[C@@]1(O)O[C@@H]1[C@H](O)COC(=O)[C@]12O. The number of esters is 1. The normalized spacial score (nSPS) is 59.3. The number of aliphatic hydroxyl groups excluding tert-OH is 1. The van der Waals surface area contributed by atoms with Gasteiger partial charge in [0.15, 0.2) is 5.60 Å². The predicted octanol–water partition coefficient (Wildman–Crippen LogP) is -2.51. The average molecular weight is 246 g/mol. The van der Waals surface area contributed by atoms with E-state index in [1.54, 1.807) is 0 Å². The number of rotatable bonds is 0. The number of hydrogen-bond acceptors (Lipinski definition) is 7. The molecule has 3 rings (SSSR count). The van der Waals surface area contributed by atoms with E-state index in [1.807, 2.05) is 0 Å². The van der Waals surface area contributed by atoms with Crippen molar-refractivity contribution in [3.05, 3.63) is 0 Å². The Balaban J connectivity index is 2.15. The number of carbonyl (C=O) groups excluding carboxylic acids is 1. The molecule has 2 saturated heterocycles. The molecule has 1 aliphatic carbocycles. The Hall–Kier alpha value is -0.730. The first-order valence-electron chi connectivity index (χ1n) is 5.35. The van der Waals surface area contributed by atoms with Crippen molar-refractivity contribution < 1.29 is 34.7 Å². The lowest BCUT2D eigenvalue weighted by Crippen LogP contribution is -2.67. The van der Waals surface area contributed by atoms with Gasteiger partial charge < -0.3 is 29.9 Å². The standard InChI is InChI=1S/C10H14O7/c1-7(2)9(14)8(13)5(17-10(7,9)15)4(11)3-16-6(8)12/h4-5,11,13-15H,3H2,1-2H3/t4-,5-,8-,9-,10+/m1/s1. The van der Waals surface area contributed by atoms with E-state index in [4.69, 9.17) is 4.74 Å². The maximum atomic E-state index is 11.7. The van der Waals surface area contributed by atoms with E-state index < -0.39 is 40.6 Å². The average Bonchev–Trinajstić information content (AvgIpc) is 2.50. The zero-order valence-electron chi connectivity index (χ0n) is 9.38. The molecule has 7 heteroatoms. The van der Waals surface area contributed by atoms with Gasteiger partial charge in [0.25, 0.3) is 0 Å². The molecule has 2 heterocycles. The van der Waals surface area contributed by atoms with Gasteiger partial charge in [0.05, 0.1) is 5.41 Å². The van der Waals surface area contributed by atoms with Gasteiger partial charge in [-0.15, -0.1) is 0 Å². The van der Waals surface area contributed by atoms with Crippen molar-refractivity contribution in [3.63, 3.8) is 0 Å². The van der Waals surface area contributed by atoms with Crippen molar-refractivity contribution in [2.24, 2.45) is 5.41 Å². The molecule has 7 nitrogen and oxygen atoms in total. The molecule has 0 aromatic carbocycles. The Labute approximate surface area is 96.6 Å². The lowest BCUT2D eigenvalue weighted by Gasteiger charge is -2.40. The molecule has 96 valence electrons.